The number of alkyl halides is 3. The molecule has 0 aliphatic heterocycles. The zero-order valence-electron chi connectivity index (χ0n) is 11.2. The fourth-order valence-electron chi connectivity index (χ4n) is 1.78. The van der Waals surface area contributed by atoms with Crippen molar-refractivity contribution in [1.29, 1.82) is 5.26 Å². The van der Waals surface area contributed by atoms with Crippen LogP contribution in [-0.4, -0.2) is 26.4 Å². The third-order valence-electron chi connectivity index (χ3n) is 2.95. The van der Waals surface area contributed by atoms with E-state index in [-0.39, 0.29) is 19.6 Å². The normalized spacial score (nSPS) is 14.6. The summed E-state index contributed by atoms with van der Waals surface area (Å²) in [6.45, 7) is -0.0284. The Morgan fingerprint density at radius 3 is 2.40 bits per heavy atom. The number of ether oxygens (including phenoxy) is 1. The van der Waals surface area contributed by atoms with Gasteiger partial charge in [-0.3, -0.25) is 5.32 Å². The minimum absolute atomic E-state index is 0.00186. The molecule has 110 valence electrons. The second-order valence-electron chi connectivity index (χ2n) is 4.40. The first-order valence-corrected chi connectivity index (χ1v) is 6.24. The maximum absolute atomic E-state index is 12.0. The Bertz CT molecular complexity index is 442. The van der Waals surface area contributed by atoms with Crippen LogP contribution in [0, 0.1) is 11.3 Å². The molecule has 0 saturated heterocycles. The molecule has 0 radical (unpaired) electrons. The lowest BCUT2D eigenvalue weighted by molar-refractivity contribution is -0.138. The second kappa shape index (κ2) is 7.27. The maximum Gasteiger partial charge on any atom is 0.389 e. The van der Waals surface area contributed by atoms with E-state index in [2.05, 4.69) is 11.4 Å². The van der Waals surface area contributed by atoms with E-state index < -0.39 is 18.1 Å². The fraction of sp³-hybridized carbons (Fsp3) is 0.500. The van der Waals surface area contributed by atoms with Gasteiger partial charge in [0.05, 0.1) is 12.7 Å². The number of rotatable bonds is 7. The monoisotopic (exact) mass is 286 g/mol. The van der Waals surface area contributed by atoms with Crippen molar-refractivity contribution in [3.63, 3.8) is 0 Å². The minimum Gasteiger partial charge on any atom is -0.378 e. The van der Waals surface area contributed by atoms with Crippen LogP contribution in [0.5, 0.6) is 0 Å². The van der Waals surface area contributed by atoms with E-state index >= 15 is 0 Å². The average Bonchev–Trinajstić information content (AvgIpc) is 2.43. The first kappa shape index (κ1) is 16.5. The van der Waals surface area contributed by atoms with Crippen molar-refractivity contribution in [1.82, 2.24) is 5.32 Å². The highest BCUT2D eigenvalue weighted by molar-refractivity contribution is 5.31. The van der Waals surface area contributed by atoms with Crippen molar-refractivity contribution < 1.29 is 17.9 Å². The Kier molecular flexibility index (Phi) is 5.99. The van der Waals surface area contributed by atoms with E-state index in [0.29, 0.717) is 0 Å². The number of hydrogen-bond donors (Lipinski definition) is 1. The third-order valence-corrected chi connectivity index (χ3v) is 2.95. The van der Waals surface area contributed by atoms with Gasteiger partial charge in [-0.25, -0.2) is 0 Å². The molecule has 1 aromatic carbocycles. The van der Waals surface area contributed by atoms with Crippen molar-refractivity contribution in [3.8, 4) is 6.07 Å². The number of likely N-dealkylation sites (N-methyl/N-ethyl adjacent to an activating group) is 1. The van der Waals surface area contributed by atoms with Gasteiger partial charge in [0.2, 0.25) is 0 Å². The zero-order chi connectivity index (χ0) is 15.1. The predicted octanol–water partition coefficient (Wildman–Crippen LogP) is 2.98. The van der Waals surface area contributed by atoms with Crippen LogP contribution in [-0.2, 0) is 10.3 Å². The Balaban J connectivity index is 2.55. The molecule has 0 aliphatic rings. The van der Waals surface area contributed by atoms with Crippen molar-refractivity contribution in [3.05, 3.63) is 35.9 Å². The molecular weight excluding hydrogens is 269 g/mol. The summed E-state index contributed by atoms with van der Waals surface area (Å²) in [4.78, 5) is 0. The van der Waals surface area contributed by atoms with Crippen LogP contribution >= 0.6 is 0 Å². The van der Waals surface area contributed by atoms with Gasteiger partial charge in [0.25, 0.3) is 0 Å². The molecule has 0 aliphatic carbocycles. The van der Waals surface area contributed by atoms with Crippen molar-refractivity contribution in [2.75, 3.05) is 20.3 Å². The summed E-state index contributed by atoms with van der Waals surface area (Å²) < 4.78 is 41.2. The summed E-state index contributed by atoms with van der Waals surface area (Å²) in [5.74, 6) is 0. The molecule has 3 nitrogen and oxygen atoms in total. The molecular formula is C14H17F3N2O. The number of nitriles is 1. The summed E-state index contributed by atoms with van der Waals surface area (Å²) in [7, 11) is 1.62. The highest BCUT2D eigenvalue weighted by Gasteiger charge is 2.31. The van der Waals surface area contributed by atoms with Crippen molar-refractivity contribution in [2.45, 2.75) is 24.6 Å². The molecule has 0 bridgehead atoms. The van der Waals surface area contributed by atoms with E-state index in [1.54, 1.807) is 31.3 Å². The van der Waals surface area contributed by atoms with E-state index in [0.717, 1.165) is 5.56 Å². The van der Waals surface area contributed by atoms with Crippen molar-refractivity contribution >= 4 is 0 Å². The quantitative estimate of drug-likeness (QED) is 0.784. The van der Waals surface area contributed by atoms with Crippen LogP contribution in [0.3, 0.4) is 0 Å². The number of nitrogens with one attached hydrogen (secondary N) is 1. The predicted molar refractivity (Wildman–Crippen MR) is 68.9 cm³/mol. The summed E-state index contributed by atoms with van der Waals surface area (Å²) in [5, 5.41) is 12.2. The van der Waals surface area contributed by atoms with Crippen LogP contribution in [0.25, 0.3) is 0 Å². The van der Waals surface area contributed by atoms with E-state index in [4.69, 9.17) is 4.74 Å². The van der Waals surface area contributed by atoms with Crippen LogP contribution in [0.2, 0.25) is 0 Å². The van der Waals surface area contributed by atoms with Gasteiger partial charge in [-0.1, -0.05) is 30.3 Å². The molecule has 0 fully saturated rings. The summed E-state index contributed by atoms with van der Waals surface area (Å²) >= 11 is 0. The first-order chi connectivity index (χ1) is 9.43. The van der Waals surface area contributed by atoms with Gasteiger partial charge >= 0.3 is 6.18 Å². The molecule has 0 spiro atoms. The molecule has 1 unspecified atom stereocenters. The standard InChI is InChI=1S/C14H17F3N2O/c1-19-13(10-18,12-6-3-2-4-7-12)11-20-9-5-8-14(15,16)17/h2-4,6-7,19H,5,8-9,11H2,1H3. The lowest BCUT2D eigenvalue weighted by Crippen LogP contribution is -2.43. The molecule has 0 heterocycles. The Morgan fingerprint density at radius 2 is 1.90 bits per heavy atom. The number of halogens is 3. The van der Waals surface area contributed by atoms with Gasteiger partial charge < -0.3 is 4.74 Å². The number of nitrogens with zero attached hydrogens (tertiary/aromatic N) is 1. The van der Waals surface area contributed by atoms with Crippen LogP contribution in [0.15, 0.2) is 30.3 Å². The smallest absolute Gasteiger partial charge is 0.378 e. The van der Waals surface area contributed by atoms with Crippen molar-refractivity contribution in [2.24, 2.45) is 0 Å². The molecule has 20 heavy (non-hydrogen) atoms. The second-order valence-corrected chi connectivity index (χ2v) is 4.40. The fourth-order valence-corrected chi connectivity index (χ4v) is 1.78. The Labute approximate surface area is 116 Å². The van der Waals surface area contributed by atoms with E-state index in [1.165, 1.54) is 0 Å². The van der Waals surface area contributed by atoms with Gasteiger partial charge in [-0.05, 0) is 19.0 Å². The van der Waals surface area contributed by atoms with Gasteiger partial charge in [0.15, 0.2) is 5.54 Å². The van der Waals surface area contributed by atoms with E-state index in [9.17, 15) is 18.4 Å². The molecule has 1 atom stereocenters. The Hall–Kier alpha value is -1.58. The van der Waals surface area contributed by atoms with Crippen LogP contribution in [0.1, 0.15) is 18.4 Å². The van der Waals surface area contributed by atoms with E-state index in [1.807, 2.05) is 6.07 Å². The third kappa shape index (κ3) is 4.83. The SMILES string of the molecule is CNC(C#N)(COCCCC(F)(F)F)c1ccccc1. The lowest BCUT2D eigenvalue weighted by atomic mass is 9.92. The summed E-state index contributed by atoms with van der Waals surface area (Å²) in [5.41, 5.74) is -0.319. The molecule has 1 aromatic rings. The highest BCUT2D eigenvalue weighted by atomic mass is 19.4. The van der Waals surface area contributed by atoms with Crippen LogP contribution in [0.4, 0.5) is 13.2 Å². The zero-order valence-corrected chi connectivity index (χ0v) is 11.2. The van der Waals surface area contributed by atoms with Crippen LogP contribution < -0.4 is 5.32 Å². The van der Waals surface area contributed by atoms with Gasteiger partial charge in [0, 0.05) is 13.0 Å². The summed E-state index contributed by atoms with van der Waals surface area (Å²) in [6, 6.07) is 11.1. The highest BCUT2D eigenvalue weighted by Crippen LogP contribution is 2.23. The maximum atomic E-state index is 12.0. The molecule has 1 N–H and O–H groups in total. The first-order valence-electron chi connectivity index (χ1n) is 6.24. The number of benzene rings is 1. The Morgan fingerprint density at radius 1 is 1.25 bits per heavy atom. The largest absolute Gasteiger partial charge is 0.389 e. The summed E-state index contributed by atoms with van der Waals surface area (Å²) in [6.07, 6.45) is -5.15. The molecule has 0 aromatic heterocycles. The molecule has 0 amide bonds. The molecule has 1 rings (SSSR count). The molecule has 6 heteroatoms. The average molecular weight is 286 g/mol. The lowest BCUT2D eigenvalue weighted by Gasteiger charge is -2.26. The topological polar surface area (TPSA) is 45.0 Å². The van der Waals surface area contributed by atoms with Gasteiger partial charge in [-0.2, -0.15) is 18.4 Å². The van der Waals surface area contributed by atoms with Gasteiger partial charge in [-0.15, -0.1) is 0 Å². The van der Waals surface area contributed by atoms with Gasteiger partial charge in [0.1, 0.15) is 0 Å². The molecule has 0 saturated carbocycles. The number of hydrogen-bond acceptors (Lipinski definition) is 3. The minimum atomic E-state index is -4.17.